The molecule has 0 radical (unpaired) electrons. The van der Waals surface area contributed by atoms with E-state index in [9.17, 15) is 9.59 Å². The molecule has 2 fully saturated rings. The summed E-state index contributed by atoms with van der Waals surface area (Å²) in [5.74, 6) is 1.09. The van der Waals surface area contributed by atoms with Gasteiger partial charge in [0.25, 0.3) is 5.91 Å². The zero-order valence-corrected chi connectivity index (χ0v) is 22.8. The molecule has 8 nitrogen and oxygen atoms in total. The number of hydrogen-bond donors (Lipinski definition) is 1. The monoisotopic (exact) mass is 537 g/mol. The van der Waals surface area contributed by atoms with E-state index in [2.05, 4.69) is 33.1 Å². The quantitative estimate of drug-likeness (QED) is 0.477. The van der Waals surface area contributed by atoms with Crippen molar-refractivity contribution >= 4 is 34.3 Å². The normalized spacial score (nSPS) is 17.2. The minimum Gasteiger partial charge on any atom is -0.497 e. The molecule has 0 aliphatic carbocycles. The molecule has 1 aromatic heterocycles. The molecule has 1 N–H and O–H groups in total. The van der Waals surface area contributed by atoms with Crippen LogP contribution in [0.4, 0.5) is 0 Å². The van der Waals surface area contributed by atoms with Crippen molar-refractivity contribution in [2.24, 2.45) is 0 Å². The number of benzene rings is 2. The number of hydrogen-bond acceptors (Lipinski definition) is 5. The Kier molecular flexibility index (Phi) is 8.51. The van der Waals surface area contributed by atoms with Crippen LogP contribution in [0.2, 0.25) is 5.02 Å². The summed E-state index contributed by atoms with van der Waals surface area (Å²) in [5, 5.41) is 1.85. The third kappa shape index (κ3) is 6.31. The Labute approximate surface area is 229 Å². The summed E-state index contributed by atoms with van der Waals surface area (Å²) in [4.78, 5) is 37.5. The number of amides is 2. The van der Waals surface area contributed by atoms with Crippen LogP contribution in [0.25, 0.3) is 10.9 Å². The number of H-pyrrole nitrogens is 1. The van der Waals surface area contributed by atoms with Crippen molar-refractivity contribution in [1.29, 1.82) is 0 Å². The summed E-state index contributed by atoms with van der Waals surface area (Å²) in [5.41, 5.74) is 3.11. The zero-order chi connectivity index (χ0) is 26.5. The summed E-state index contributed by atoms with van der Waals surface area (Å²) < 4.78 is 5.38. The molecule has 2 aliphatic heterocycles. The summed E-state index contributed by atoms with van der Waals surface area (Å²) in [6, 6.07) is 13.2. The average molecular weight is 538 g/mol. The third-order valence-electron chi connectivity index (χ3n) is 7.73. The number of aromatic amines is 1. The second-order valence-corrected chi connectivity index (χ2v) is 10.6. The molecule has 9 heteroatoms. The number of nitrogens with one attached hydrogen (secondary N) is 1. The number of aromatic nitrogens is 1. The number of aryl methyl sites for hydroxylation is 1. The number of halogens is 1. The van der Waals surface area contributed by atoms with Gasteiger partial charge in [0.05, 0.1) is 13.7 Å². The number of carbonyl (C=O) groups excluding carboxylic acids is 2. The van der Waals surface area contributed by atoms with E-state index in [-0.39, 0.29) is 11.8 Å². The maximum Gasteiger partial charge on any atom is 0.253 e. The van der Waals surface area contributed by atoms with Gasteiger partial charge in [-0.25, -0.2) is 0 Å². The lowest BCUT2D eigenvalue weighted by Gasteiger charge is -2.38. The Hall–Kier alpha value is -3.07. The zero-order valence-electron chi connectivity index (χ0n) is 22.0. The Morgan fingerprint density at radius 1 is 0.895 bits per heavy atom. The van der Waals surface area contributed by atoms with Gasteiger partial charge in [0.2, 0.25) is 5.91 Å². The predicted octanol–water partition coefficient (Wildman–Crippen LogP) is 3.36. The van der Waals surface area contributed by atoms with Gasteiger partial charge >= 0.3 is 0 Å². The molecule has 0 spiro atoms. The van der Waals surface area contributed by atoms with E-state index in [1.807, 2.05) is 15.9 Å². The first-order valence-electron chi connectivity index (χ1n) is 13.4. The molecular formula is C29H36ClN5O3. The first kappa shape index (κ1) is 26.5. The van der Waals surface area contributed by atoms with Gasteiger partial charge in [-0.2, -0.15) is 0 Å². The van der Waals surface area contributed by atoms with Crippen molar-refractivity contribution in [3.8, 4) is 5.75 Å². The van der Waals surface area contributed by atoms with Gasteiger partial charge in [-0.1, -0.05) is 11.6 Å². The van der Waals surface area contributed by atoms with Crippen molar-refractivity contribution in [3.05, 3.63) is 64.8 Å². The number of rotatable bonds is 8. The smallest absolute Gasteiger partial charge is 0.253 e. The Balaban J connectivity index is 1.01. The lowest BCUT2D eigenvalue weighted by Crippen LogP contribution is -2.54. The number of ether oxygens (including phenoxy) is 1. The minimum absolute atomic E-state index is 0.0215. The molecule has 2 aliphatic rings. The second-order valence-electron chi connectivity index (χ2n) is 10.1. The summed E-state index contributed by atoms with van der Waals surface area (Å²) in [6.45, 7) is 7.52. The van der Waals surface area contributed by atoms with E-state index < -0.39 is 0 Å². The average Bonchev–Trinajstić information content (AvgIpc) is 3.36. The first-order valence-corrected chi connectivity index (χ1v) is 13.8. The van der Waals surface area contributed by atoms with Crippen LogP contribution >= 0.6 is 11.6 Å². The molecule has 2 saturated heterocycles. The highest BCUT2D eigenvalue weighted by Crippen LogP contribution is 2.24. The number of methoxy groups -OCH3 is 1. The first-order chi connectivity index (χ1) is 18.5. The fourth-order valence-electron chi connectivity index (χ4n) is 5.38. The van der Waals surface area contributed by atoms with Gasteiger partial charge in [0, 0.05) is 80.0 Å². The Bertz CT molecular complexity index is 1240. The number of nitrogens with zero attached hydrogens (tertiary/aromatic N) is 4. The van der Waals surface area contributed by atoms with E-state index in [4.69, 9.17) is 16.3 Å². The topological polar surface area (TPSA) is 72.1 Å². The Morgan fingerprint density at radius 2 is 1.58 bits per heavy atom. The number of fused-ring (bicyclic) bond motifs is 1. The van der Waals surface area contributed by atoms with E-state index in [0.29, 0.717) is 43.3 Å². The highest BCUT2D eigenvalue weighted by atomic mass is 35.5. The SMILES string of the molecule is COc1ccc2[nH]cc(CCCN3CCN(C(=O)CN4CCN(C(=O)c5ccc(Cl)cc5)CC4)CC3)c2c1. The molecule has 38 heavy (non-hydrogen) atoms. The van der Waals surface area contributed by atoms with Crippen molar-refractivity contribution in [2.45, 2.75) is 12.8 Å². The molecule has 0 saturated carbocycles. The summed E-state index contributed by atoms with van der Waals surface area (Å²) >= 11 is 5.93. The molecule has 0 unspecified atom stereocenters. The van der Waals surface area contributed by atoms with Gasteiger partial charge < -0.3 is 19.5 Å². The molecule has 3 aromatic rings. The number of piperazine rings is 2. The van der Waals surface area contributed by atoms with E-state index >= 15 is 0 Å². The fraction of sp³-hybridized carbons (Fsp3) is 0.448. The molecule has 2 aromatic carbocycles. The Morgan fingerprint density at radius 3 is 2.29 bits per heavy atom. The van der Waals surface area contributed by atoms with Crippen LogP contribution in [0.5, 0.6) is 5.75 Å². The molecule has 202 valence electrons. The van der Waals surface area contributed by atoms with Gasteiger partial charge in [-0.05, 0) is 67.4 Å². The summed E-state index contributed by atoms with van der Waals surface area (Å²) in [7, 11) is 1.70. The van der Waals surface area contributed by atoms with E-state index in [1.165, 1.54) is 10.9 Å². The van der Waals surface area contributed by atoms with Crippen LogP contribution in [0.3, 0.4) is 0 Å². The van der Waals surface area contributed by atoms with Crippen LogP contribution in [0, 0.1) is 0 Å². The largest absolute Gasteiger partial charge is 0.497 e. The molecule has 2 amide bonds. The maximum atomic E-state index is 12.9. The minimum atomic E-state index is 0.0215. The molecule has 0 bridgehead atoms. The molecule has 3 heterocycles. The van der Waals surface area contributed by atoms with Gasteiger partial charge in [0.15, 0.2) is 0 Å². The van der Waals surface area contributed by atoms with Crippen LogP contribution in [-0.2, 0) is 11.2 Å². The predicted molar refractivity (Wildman–Crippen MR) is 150 cm³/mol. The standard InChI is InChI=1S/C29H36ClN5O3/c1-38-25-8-9-27-26(19-25)23(20-31-27)3-2-10-32-11-15-34(16-12-32)28(36)21-33-13-17-35(18-14-33)29(37)22-4-6-24(30)7-5-22/h4-9,19-20,31H,2-3,10-18,21H2,1H3. The van der Waals surface area contributed by atoms with Crippen LogP contribution < -0.4 is 4.74 Å². The van der Waals surface area contributed by atoms with Crippen LogP contribution in [-0.4, -0.2) is 109 Å². The lowest BCUT2D eigenvalue weighted by molar-refractivity contribution is -0.134. The number of carbonyl (C=O) groups is 2. The van der Waals surface area contributed by atoms with Crippen molar-refractivity contribution in [2.75, 3.05) is 72.6 Å². The van der Waals surface area contributed by atoms with Crippen LogP contribution in [0.15, 0.2) is 48.7 Å². The third-order valence-corrected chi connectivity index (χ3v) is 7.98. The van der Waals surface area contributed by atoms with Crippen molar-refractivity contribution in [1.82, 2.24) is 24.6 Å². The molecule has 5 rings (SSSR count). The van der Waals surface area contributed by atoms with E-state index in [1.54, 1.807) is 31.4 Å². The highest BCUT2D eigenvalue weighted by Gasteiger charge is 2.26. The van der Waals surface area contributed by atoms with Gasteiger partial charge in [-0.15, -0.1) is 0 Å². The van der Waals surface area contributed by atoms with Gasteiger partial charge in [0.1, 0.15) is 5.75 Å². The molecular weight excluding hydrogens is 502 g/mol. The van der Waals surface area contributed by atoms with Crippen LogP contribution in [0.1, 0.15) is 22.3 Å². The summed E-state index contributed by atoms with van der Waals surface area (Å²) in [6.07, 6.45) is 4.20. The fourth-order valence-corrected chi connectivity index (χ4v) is 5.51. The highest BCUT2D eigenvalue weighted by molar-refractivity contribution is 6.30. The maximum absolute atomic E-state index is 12.9. The lowest BCUT2D eigenvalue weighted by atomic mass is 10.1. The van der Waals surface area contributed by atoms with Gasteiger partial charge in [-0.3, -0.25) is 19.4 Å². The van der Waals surface area contributed by atoms with E-state index in [0.717, 1.165) is 56.8 Å². The molecule has 0 atom stereocenters. The second kappa shape index (κ2) is 12.2. The van der Waals surface area contributed by atoms with Crippen molar-refractivity contribution in [3.63, 3.8) is 0 Å². The van der Waals surface area contributed by atoms with Crippen molar-refractivity contribution < 1.29 is 14.3 Å².